The fourth-order valence-corrected chi connectivity index (χ4v) is 6.20. The van der Waals surface area contributed by atoms with Gasteiger partial charge in [-0.25, -0.2) is 4.39 Å². The topological polar surface area (TPSA) is 28.5 Å². The first kappa shape index (κ1) is 26.0. The number of carbonyl (C=O) groups excluding carboxylic acids is 1. The van der Waals surface area contributed by atoms with Gasteiger partial charge in [-0.3, -0.25) is 9.69 Å². The van der Waals surface area contributed by atoms with Gasteiger partial charge in [-0.05, 0) is 40.5 Å². The maximum atomic E-state index is 14.3. The Balaban J connectivity index is 1.23. The molecular weight excluding hydrogens is 497 g/mol. The first-order valence-electron chi connectivity index (χ1n) is 14.0. The molecule has 1 amide bonds. The van der Waals surface area contributed by atoms with E-state index in [1.54, 1.807) is 12.1 Å². The third-order valence-electron chi connectivity index (χ3n) is 8.20. The average molecular weight is 532 g/mol. The van der Waals surface area contributed by atoms with E-state index in [4.69, 9.17) is 0 Å². The van der Waals surface area contributed by atoms with Crippen LogP contribution in [0, 0.1) is 5.82 Å². The summed E-state index contributed by atoms with van der Waals surface area (Å²) in [5, 5.41) is 1.10. The highest BCUT2D eigenvalue weighted by molar-refractivity contribution is 5.86. The van der Waals surface area contributed by atoms with E-state index in [-0.39, 0.29) is 23.7 Å². The van der Waals surface area contributed by atoms with E-state index in [9.17, 15) is 9.18 Å². The fourth-order valence-electron chi connectivity index (χ4n) is 6.20. The summed E-state index contributed by atoms with van der Waals surface area (Å²) in [4.78, 5) is 18.3. The van der Waals surface area contributed by atoms with Gasteiger partial charge in [-0.1, -0.05) is 91.0 Å². The summed E-state index contributed by atoms with van der Waals surface area (Å²) in [7, 11) is 2.02. The fraction of sp³-hybridized carbons (Fsp3) is 0.229. The molecule has 2 heterocycles. The molecule has 0 N–H and O–H groups in total. The molecule has 1 aliphatic rings. The highest BCUT2D eigenvalue weighted by atomic mass is 19.1. The second-order valence-electron chi connectivity index (χ2n) is 10.7. The molecule has 1 aromatic heterocycles. The van der Waals surface area contributed by atoms with Crippen molar-refractivity contribution in [2.75, 3.05) is 26.2 Å². The molecule has 0 spiro atoms. The maximum absolute atomic E-state index is 14.3. The number of benzene rings is 4. The monoisotopic (exact) mass is 531 g/mol. The number of para-hydroxylation sites is 1. The SMILES string of the molecule is Cn1cc(C(CC(=O)N2CCN(C(c3ccccc3)c3ccccc3)CC2)c2cccc(F)c2)c2ccccc21. The van der Waals surface area contributed by atoms with Crippen LogP contribution in [0.2, 0.25) is 0 Å². The first-order chi connectivity index (χ1) is 19.6. The number of nitrogens with zero attached hydrogens (tertiary/aromatic N) is 3. The summed E-state index contributed by atoms with van der Waals surface area (Å²) in [6, 6.07) is 36.2. The summed E-state index contributed by atoms with van der Waals surface area (Å²) in [6.45, 7) is 2.92. The standard InChI is InChI=1S/C35H34FN3O/c1-37-25-32(30-17-8-9-18-33(30)37)31(28-15-10-16-29(36)23-28)24-34(40)38-19-21-39(22-20-38)35(26-11-4-2-5-12-26)27-13-6-3-7-14-27/h2-18,23,25,31,35H,19-22,24H2,1H3. The number of fused-ring (bicyclic) bond motifs is 1. The number of aryl methyl sites for hydroxylation is 1. The lowest BCUT2D eigenvalue weighted by Gasteiger charge is -2.40. The zero-order chi connectivity index (χ0) is 27.5. The van der Waals surface area contributed by atoms with Crippen LogP contribution >= 0.6 is 0 Å². The Bertz CT molecular complexity index is 1550. The van der Waals surface area contributed by atoms with E-state index in [1.165, 1.54) is 17.2 Å². The third kappa shape index (κ3) is 5.30. The molecule has 1 fully saturated rings. The van der Waals surface area contributed by atoms with Crippen molar-refractivity contribution in [3.05, 3.63) is 143 Å². The molecule has 40 heavy (non-hydrogen) atoms. The van der Waals surface area contributed by atoms with Gasteiger partial charge in [0, 0.05) is 62.7 Å². The molecular formula is C35H34FN3O. The second kappa shape index (κ2) is 11.5. The van der Waals surface area contributed by atoms with Crippen LogP contribution < -0.4 is 0 Å². The van der Waals surface area contributed by atoms with Crippen LogP contribution in [0.15, 0.2) is 115 Å². The molecule has 0 radical (unpaired) electrons. The van der Waals surface area contributed by atoms with Crippen LogP contribution in [-0.4, -0.2) is 46.5 Å². The molecule has 1 atom stereocenters. The molecule has 1 saturated heterocycles. The van der Waals surface area contributed by atoms with Crippen molar-refractivity contribution < 1.29 is 9.18 Å². The number of halogens is 1. The minimum atomic E-state index is -0.281. The van der Waals surface area contributed by atoms with E-state index in [1.807, 2.05) is 42.3 Å². The van der Waals surface area contributed by atoms with Gasteiger partial charge in [-0.2, -0.15) is 0 Å². The Morgan fingerprint density at radius 1 is 0.750 bits per heavy atom. The normalized spacial score (nSPS) is 15.0. The highest BCUT2D eigenvalue weighted by Gasteiger charge is 2.30. The first-order valence-corrected chi connectivity index (χ1v) is 14.0. The van der Waals surface area contributed by atoms with Crippen molar-refractivity contribution in [1.29, 1.82) is 0 Å². The molecule has 4 nitrogen and oxygen atoms in total. The van der Waals surface area contributed by atoms with Crippen molar-refractivity contribution >= 4 is 16.8 Å². The smallest absolute Gasteiger partial charge is 0.223 e. The quantitative estimate of drug-likeness (QED) is 0.232. The van der Waals surface area contributed by atoms with Gasteiger partial charge in [0.15, 0.2) is 0 Å². The summed E-state index contributed by atoms with van der Waals surface area (Å²) in [5.74, 6) is -0.400. The van der Waals surface area contributed by atoms with Crippen LogP contribution in [0.4, 0.5) is 4.39 Å². The minimum Gasteiger partial charge on any atom is -0.350 e. The predicted octanol–water partition coefficient (Wildman–Crippen LogP) is 6.77. The van der Waals surface area contributed by atoms with Crippen molar-refractivity contribution in [2.24, 2.45) is 7.05 Å². The lowest BCUT2D eigenvalue weighted by Crippen LogP contribution is -2.50. The van der Waals surface area contributed by atoms with Gasteiger partial charge in [0.25, 0.3) is 0 Å². The number of amides is 1. The summed E-state index contributed by atoms with van der Waals surface area (Å²) >= 11 is 0. The van der Waals surface area contributed by atoms with Crippen LogP contribution in [0.5, 0.6) is 0 Å². The lowest BCUT2D eigenvalue weighted by molar-refractivity contribution is -0.133. The molecule has 0 saturated carbocycles. The molecule has 1 aliphatic heterocycles. The van der Waals surface area contributed by atoms with Crippen LogP contribution in [0.25, 0.3) is 10.9 Å². The summed E-state index contributed by atoms with van der Waals surface area (Å²) in [5.41, 5.74) is 5.51. The Morgan fingerprint density at radius 3 is 2.00 bits per heavy atom. The van der Waals surface area contributed by atoms with Crippen molar-refractivity contribution in [3.63, 3.8) is 0 Å². The van der Waals surface area contributed by atoms with Gasteiger partial charge in [-0.15, -0.1) is 0 Å². The van der Waals surface area contributed by atoms with Crippen molar-refractivity contribution in [1.82, 2.24) is 14.4 Å². The largest absolute Gasteiger partial charge is 0.350 e. The number of hydrogen-bond donors (Lipinski definition) is 0. The maximum Gasteiger partial charge on any atom is 0.223 e. The predicted molar refractivity (Wildman–Crippen MR) is 159 cm³/mol. The van der Waals surface area contributed by atoms with Crippen molar-refractivity contribution in [2.45, 2.75) is 18.4 Å². The number of aromatic nitrogens is 1. The zero-order valence-corrected chi connectivity index (χ0v) is 22.8. The Kier molecular flexibility index (Phi) is 7.47. The Labute approximate surface area is 235 Å². The van der Waals surface area contributed by atoms with Gasteiger partial charge in [0.2, 0.25) is 5.91 Å². The Morgan fingerprint density at radius 2 is 1.35 bits per heavy atom. The molecule has 1 unspecified atom stereocenters. The zero-order valence-electron chi connectivity index (χ0n) is 22.8. The van der Waals surface area contributed by atoms with Gasteiger partial charge in [0.05, 0.1) is 6.04 Å². The van der Waals surface area contributed by atoms with Crippen LogP contribution in [0.1, 0.15) is 40.6 Å². The molecule has 5 aromatic rings. The average Bonchev–Trinajstić information content (AvgIpc) is 3.33. The lowest BCUT2D eigenvalue weighted by atomic mass is 9.87. The minimum absolute atomic E-state index is 0.109. The summed E-state index contributed by atoms with van der Waals surface area (Å²) < 4.78 is 16.4. The van der Waals surface area contributed by atoms with Crippen LogP contribution in [0.3, 0.4) is 0 Å². The highest BCUT2D eigenvalue weighted by Crippen LogP contribution is 2.36. The van der Waals surface area contributed by atoms with Gasteiger partial charge in [0.1, 0.15) is 5.82 Å². The number of rotatable bonds is 7. The Hall–Kier alpha value is -4.22. The number of piperazine rings is 1. The molecule has 4 aromatic carbocycles. The molecule has 5 heteroatoms. The van der Waals surface area contributed by atoms with E-state index in [0.29, 0.717) is 19.5 Å². The van der Waals surface area contributed by atoms with E-state index in [0.717, 1.165) is 35.1 Å². The van der Waals surface area contributed by atoms with Gasteiger partial charge >= 0.3 is 0 Å². The number of hydrogen-bond acceptors (Lipinski definition) is 2. The molecule has 0 bridgehead atoms. The number of carbonyl (C=O) groups is 1. The molecule has 0 aliphatic carbocycles. The van der Waals surface area contributed by atoms with E-state index in [2.05, 4.69) is 76.3 Å². The van der Waals surface area contributed by atoms with E-state index < -0.39 is 0 Å². The van der Waals surface area contributed by atoms with Gasteiger partial charge < -0.3 is 9.47 Å². The van der Waals surface area contributed by atoms with E-state index >= 15 is 0 Å². The van der Waals surface area contributed by atoms with Crippen LogP contribution in [-0.2, 0) is 11.8 Å². The molecule has 6 rings (SSSR count). The molecule has 202 valence electrons. The third-order valence-corrected chi connectivity index (χ3v) is 8.20. The summed E-state index contributed by atoms with van der Waals surface area (Å²) in [6.07, 6.45) is 2.40. The van der Waals surface area contributed by atoms with Crippen molar-refractivity contribution in [3.8, 4) is 0 Å². The second-order valence-corrected chi connectivity index (χ2v) is 10.7.